The maximum absolute atomic E-state index is 12.1. The van der Waals surface area contributed by atoms with Gasteiger partial charge < -0.3 is 15.0 Å². The van der Waals surface area contributed by atoms with Gasteiger partial charge in [-0.15, -0.1) is 12.4 Å². The van der Waals surface area contributed by atoms with Crippen molar-refractivity contribution in [3.63, 3.8) is 0 Å². The summed E-state index contributed by atoms with van der Waals surface area (Å²) >= 11 is 0. The first kappa shape index (κ1) is 21.3. The molecule has 1 rings (SSSR count). The predicted octanol–water partition coefficient (Wildman–Crippen LogP) is 0.684. The van der Waals surface area contributed by atoms with E-state index in [1.54, 1.807) is 19.2 Å². The summed E-state index contributed by atoms with van der Waals surface area (Å²) in [6, 6.07) is 6.95. The van der Waals surface area contributed by atoms with E-state index in [1.165, 1.54) is 0 Å². The van der Waals surface area contributed by atoms with Crippen molar-refractivity contribution in [3.05, 3.63) is 29.8 Å². The molecular weight excluding hydrogens is 326 g/mol. The Labute approximate surface area is 139 Å². The molecule has 0 saturated carbocycles. The SMILES string of the molecule is COCCNCCNS(=O)(=O)c1ccc(CN(C)C)cc1.Cl. The Kier molecular flexibility index (Phi) is 10.6. The third-order valence-electron chi connectivity index (χ3n) is 2.81. The normalized spacial score (nSPS) is 11.5. The van der Waals surface area contributed by atoms with Crippen LogP contribution in [0.2, 0.25) is 0 Å². The van der Waals surface area contributed by atoms with E-state index >= 15 is 0 Å². The number of benzene rings is 1. The molecule has 22 heavy (non-hydrogen) atoms. The molecule has 1 aromatic rings. The van der Waals surface area contributed by atoms with Crippen LogP contribution in [0.5, 0.6) is 0 Å². The van der Waals surface area contributed by atoms with E-state index in [4.69, 9.17) is 4.74 Å². The second-order valence-electron chi connectivity index (χ2n) is 5.02. The zero-order chi connectivity index (χ0) is 15.7. The molecule has 8 heteroatoms. The zero-order valence-electron chi connectivity index (χ0n) is 13.3. The summed E-state index contributed by atoms with van der Waals surface area (Å²) in [5, 5.41) is 3.08. The molecule has 0 spiro atoms. The van der Waals surface area contributed by atoms with Crippen LogP contribution >= 0.6 is 12.4 Å². The number of nitrogens with one attached hydrogen (secondary N) is 2. The molecule has 0 radical (unpaired) electrons. The lowest BCUT2D eigenvalue weighted by Gasteiger charge is -2.11. The highest BCUT2D eigenvalue weighted by Crippen LogP contribution is 2.11. The highest BCUT2D eigenvalue weighted by molar-refractivity contribution is 7.89. The van der Waals surface area contributed by atoms with Gasteiger partial charge in [0.2, 0.25) is 10.0 Å². The fraction of sp³-hybridized carbons (Fsp3) is 0.571. The van der Waals surface area contributed by atoms with Gasteiger partial charge in [0.15, 0.2) is 0 Å². The van der Waals surface area contributed by atoms with E-state index < -0.39 is 10.0 Å². The van der Waals surface area contributed by atoms with E-state index in [2.05, 4.69) is 10.0 Å². The van der Waals surface area contributed by atoms with Crippen LogP contribution in [0.3, 0.4) is 0 Å². The molecule has 0 aliphatic carbocycles. The standard InChI is InChI=1S/C14H25N3O3S.ClH/c1-17(2)12-13-4-6-14(7-5-13)21(18,19)16-9-8-15-10-11-20-3;/h4-7,15-16H,8-12H2,1-3H3;1H. The molecule has 0 aromatic heterocycles. The molecule has 6 nitrogen and oxygen atoms in total. The van der Waals surface area contributed by atoms with E-state index in [0.717, 1.165) is 12.1 Å². The first-order chi connectivity index (χ1) is 9.95. The Morgan fingerprint density at radius 2 is 1.73 bits per heavy atom. The van der Waals surface area contributed by atoms with Crippen molar-refractivity contribution >= 4 is 22.4 Å². The molecule has 0 bridgehead atoms. The van der Waals surface area contributed by atoms with Crippen LogP contribution in [0, 0.1) is 0 Å². The molecule has 0 aliphatic rings. The van der Waals surface area contributed by atoms with Gasteiger partial charge in [0.1, 0.15) is 0 Å². The van der Waals surface area contributed by atoms with Gasteiger partial charge in [-0.25, -0.2) is 13.1 Å². The number of sulfonamides is 1. The van der Waals surface area contributed by atoms with E-state index in [-0.39, 0.29) is 12.4 Å². The maximum Gasteiger partial charge on any atom is 0.240 e. The van der Waals surface area contributed by atoms with Gasteiger partial charge >= 0.3 is 0 Å². The average molecular weight is 352 g/mol. The Morgan fingerprint density at radius 3 is 2.27 bits per heavy atom. The molecule has 0 aliphatic heterocycles. The molecule has 0 saturated heterocycles. The molecule has 0 amide bonds. The first-order valence-electron chi connectivity index (χ1n) is 6.88. The topological polar surface area (TPSA) is 70.7 Å². The highest BCUT2D eigenvalue weighted by atomic mass is 35.5. The molecule has 0 fully saturated rings. The Morgan fingerprint density at radius 1 is 1.09 bits per heavy atom. The van der Waals surface area contributed by atoms with Crippen LogP contribution in [0.1, 0.15) is 5.56 Å². The van der Waals surface area contributed by atoms with Crippen LogP contribution in [0.15, 0.2) is 29.2 Å². The van der Waals surface area contributed by atoms with Crippen molar-refractivity contribution in [2.24, 2.45) is 0 Å². The lowest BCUT2D eigenvalue weighted by Crippen LogP contribution is -2.33. The van der Waals surface area contributed by atoms with Crippen LogP contribution in [0.4, 0.5) is 0 Å². The molecule has 1 aromatic carbocycles. The van der Waals surface area contributed by atoms with Crippen molar-refractivity contribution in [3.8, 4) is 0 Å². The summed E-state index contributed by atoms with van der Waals surface area (Å²) in [5.74, 6) is 0. The van der Waals surface area contributed by atoms with Crippen molar-refractivity contribution in [1.82, 2.24) is 14.9 Å². The largest absolute Gasteiger partial charge is 0.383 e. The average Bonchev–Trinajstić information content (AvgIpc) is 2.42. The van der Waals surface area contributed by atoms with Gasteiger partial charge in [-0.3, -0.25) is 0 Å². The fourth-order valence-electron chi connectivity index (χ4n) is 1.80. The molecule has 2 N–H and O–H groups in total. The van der Waals surface area contributed by atoms with Gasteiger partial charge in [0.05, 0.1) is 11.5 Å². The predicted molar refractivity (Wildman–Crippen MR) is 91.0 cm³/mol. The van der Waals surface area contributed by atoms with Gasteiger partial charge in [0.25, 0.3) is 0 Å². The summed E-state index contributed by atoms with van der Waals surface area (Å²) < 4.78 is 31.6. The number of ether oxygens (including phenoxy) is 1. The van der Waals surface area contributed by atoms with Gasteiger partial charge in [0, 0.05) is 33.3 Å². The minimum absolute atomic E-state index is 0. The zero-order valence-corrected chi connectivity index (χ0v) is 15.0. The number of halogens is 1. The summed E-state index contributed by atoms with van der Waals surface area (Å²) in [6.45, 7) is 3.03. The van der Waals surface area contributed by atoms with Gasteiger partial charge in [-0.1, -0.05) is 12.1 Å². The summed E-state index contributed by atoms with van der Waals surface area (Å²) in [7, 11) is 2.15. The van der Waals surface area contributed by atoms with Gasteiger partial charge in [-0.2, -0.15) is 0 Å². The first-order valence-corrected chi connectivity index (χ1v) is 8.37. The van der Waals surface area contributed by atoms with Crippen molar-refractivity contribution in [1.29, 1.82) is 0 Å². The molecule has 0 unspecified atom stereocenters. The Hall–Kier alpha value is -0.700. The van der Waals surface area contributed by atoms with E-state index in [1.807, 2.05) is 31.1 Å². The van der Waals surface area contributed by atoms with Gasteiger partial charge in [-0.05, 0) is 31.8 Å². The molecular formula is C14H26ClN3O3S. The van der Waals surface area contributed by atoms with Crippen LogP contribution in [-0.2, 0) is 21.3 Å². The lowest BCUT2D eigenvalue weighted by atomic mass is 10.2. The summed E-state index contributed by atoms with van der Waals surface area (Å²) in [4.78, 5) is 2.33. The van der Waals surface area contributed by atoms with Crippen molar-refractivity contribution in [2.75, 3.05) is 47.4 Å². The number of methoxy groups -OCH3 is 1. The third kappa shape index (κ3) is 8.07. The number of nitrogens with zero attached hydrogens (tertiary/aromatic N) is 1. The quantitative estimate of drug-likeness (QED) is 0.607. The lowest BCUT2D eigenvalue weighted by molar-refractivity contribution is 0.199. The van der Waals surface area contributed by atoms with Crippen molar-refractivity contribution in [2.45, 2.75) is 11.4 Å². The smallest absolute Gasteiger partial charge is 0.240 e. The summed E-state index contributed by atoms with van der Waals surface area (Å²) in [5.41, 5.74) is 1.08. The third-order valence-corrected chi connectivity index (χ3v) is 4.29. The van der Waals surface area contributed by atoms with E-state index in [0.29, 0.717) is 31.1 Å². The minimum Gasteiger partial charge on any atom is -0.383 e. The monoisotopic (exact) mass is 351 g/mol. The Balaban J connectivity index is 0.00000441. The molecule has 0 atom stereocenters. The summed E-state index contributed by atoms with van der Waals surface area (Å²) in [6.07, 6.45) is 0. The second-order valence-corrected chi connectivity index (χ2v) is 6.79. The highest BCUT2D eigenvalue weighted by Gasteiger charge is 2.12. The number of hydrogen-bond acceptors (Lipinski definition) is 5. The molecule has 0 heterocycles. The van der Waals surface area contributed by atoms with Crippen LogP contribution < -0.4 is 10.0 Å². The Bertz CT molecular complexity index is 507. The maximum atomic E-state index is 12.1. The van der Waals surface area contributed by atoms with Crippen LogP contribution in [-0.4, -0.2) is 60.8 Å². The minimum atomic E-state index is -3.43. The van der Waals surface area contributed by atoms with E-state index in [9.17, 15) is 8.42 Å². The van der Waals surface area contributed by atoms with Crippen molar-refractivity contribution < 1.29 is 13.2 Å². The molecule has 128 valence electrons. The second kappa shape index (κ2) is 10.9. The number of hydrogen-bond donors (Lipinski definition) is 2. The van der Waals surface area contributed by atoms with Crippen LogP contribution in [0.25, 0.3) is 0 Å². The number of rotatable bonds is 10. The fourth-order valence-corrected chi connectivity index (χ4v) is 2.83.